The number of nitrogens with zero attached hydrogens (tertiary/aromatic N) is 4. The van der Waals surface area contributed by atoms with Crippen molar-refractivity contribution in [2.24, 2.45) is 0 Å². The van der Waals surface area contributed by atoms with E-state index < -0.39 is 12.1 Å². The van der Waals surface area contributed by atoms with E-state index in [0.717, 1.165) is 33.4 Å². The van der Waals surface area contributed by atoms with Gasteiger partial charge in [-0.25, -0.2) is 0 Å². The van der Waals surface area contributed by atoms with Crippen LogP contribution in [0, 0.1) is 25.2 Å². The monoisotopic (exact) mass is 622 g/mol. The van der Waals surface area contributed by atoms with Crippen molar-refractivity contribution in [2.45, 2.75) is 56.9 Å². The molecule has 0 spiro atoms. The standard InChI is InChI=1S/C35H34N4O7/c1-16-10-18-11-22-24(13-36)39-23(28(37(22)3)26(18)29(40)30(16)43-4)12-21-27(33-32(45-15-46-33)17(2)31(21)44-5)25(39)14-38-34(41)19-8-6-7-9-20(19)35(38)42/h6-10,22-25,28,40H,11-12,14-15H2,1-5H3/t22?,23-,24-,25-,28-/m0/s1. The zero-order valence-corrected chi connectivity index (χ0v) is 26.3. The molecule has 1 N–H and O–H groups in total. The number of phenolic OH excluding ortho intramolecular Hbond substituents is 1. The summed E-state index contributed by atoms with van der Waals surface area (Å²) in [6.45, 7) is 3.85. The zero-order chi connectivity index (χ0) is 32.2. The van der Waals surface area contributed by atoms with Crippen molar-refractivity contribution >= 4 is 11.8 Å². The van der Waals surface area contributed by atoms with Crippen LogP contribution in [0.25, 0.3) is 0 Å². The van der Waals surface area contributed by atoms with Gasteiger partial charge in [0.1, 0.15) is 11.8 Å². The molecule has 0 aliphatic carbocycles. The number of methoxy groups -OCH3 is 2. The first-order chi connectivity index (χ1) is 22.2. The number of piperazine rings is 1. The van der Waals surface area contributed by atoms with Crippen molar-refractivity contribution < 1.29 is 33.6 Å². The molecule has 11 heteroatoms. The summed E-state index contributed by atoms with van der Waals surface area (Å²) in [7, 11) is 5.17. The molecule has 5 aliphatic rings. The third kappa shape index (κ3) is 3.59. The van der Waals surface area contributed by atoms with Gasteiger partial charge in [0, 0.05) is 40.9 Å². The second-order valence-electron chi connectivity index (χ2n) is 12.7. The van der Waals surface area contributed by atoms with Crippen molar-refractivity contribution in [1.82, 2.24) is 14.7 Å². The first-order valence-electron chi connectivity index (χ1n) is 15.4. The Bertz CT molecular complexity index is 1870. The highest BCUT2D eigenvalue weighted by Crippen LogP contribution is 2.58. The first-order valence-corrected chi connectivity index (χ1v) is 15.4. The van der Waals surface area contributed by atoms with Crippen molar-refractivity contribution in [2.75, 3.05) is 34.6 Å². The summed E-state index contributed by atoms with van der Waals surface area (Å²) in [5, 5.41) is 22.6. The molecule has 0 saturated carbocycles. The minimum Gasteiger partial charge on any atom is -0.504 e. The van der Waals surface area contributed by atoms with E-state index in [0.29, 0.717) is 47.0 Å². The first kappa shape index (κ1) is 28.7. The number of ether oxygens (including phenoxy) is 4. The van der Waals surface area contributed by atoms with Gasteiger partial charge in [-0.3, -0.25) is 24.3 Å². The lowest BCUT2D eigenvalue weighted by Crippen LogP contribution is -2.68. The molecule has 2 bridgehead atoms. The molecule has 2 amide bonds. The van der Waals surface area contributed by atoms with E-state index in [4.69, 9.17) is 18.9 Å². The molecule has 5 aliphatic heterocycles. The predicted octanol–water partition coefficient (Wildman–Crippen LogP) is 3.82. The summed E-state index contributed by atoms with van der Waals surface area (Å²) in [5.41, 5.74) is 5.74. The number of phenols is 1. The van der Waals surface area contributed by atoms with Crippen molar-refractivity contribution in [3.8, 4) is 34.8 Å². The number of amides is 2. The molecule has 5 heterocycles. The van der Waals surface area contributed by atoms with Crippen LogP contribution in [0.15, 0.2) is 30.3 Å². The quantitative estimate of drug-likeness (QED) is 0.430. The van der Waals surface area contributed by atoms with Gasteiger partial charge in [0.25, 0.3) is 11.8 Å². The number of carbonyl (C=O) groups is 2. The van der Waals surface area contributed by atoms with Crippen LogP contribution < -0.4 is 18.9 Å². The van der Waals surface area contributed by atoms with E-state index in [1.165, 1.54) is 4.90 Å². The number of imide groups is 1. The van der Waals surface area contributed by atoms with Gasteiger partial charge in [-0.05, 0) is 57.0 Å². The molecule has 0 radical (unpaired) electrons. The summed E-state index contributed by atoms with van der Waals surface area (Å²) in [5.74, 6) is 1.54. The maximum absolute atomic E-state index is 13.8. The molecular weight excluding hydrogens is 588 g/mol. The van der Waals surface area contributed by atoms with Gasteiger partial charge in [-0.2, -0.15) is 5.26 Å². The normalized spacial score (nSPS) is 25.8. The predicted molar refractivity (Wildman–Crippen MR) is 165 cm³/mol. The van der Waals surface area contributed by atoms with Crippen molar-refractivity contribution in [3.63, 3.8) is 0 Å². The van der Waals surface area contributed by atoms with Crippen LogP contribution in [-0.2, 0) is 12.8 Å². The number of fused-ring (bicyclic) bond motifs is 10. The molecule has 3 aromatic rings. The van der Waals surface area contributed by atoms with Crippen LogP contribution >= 0.6 is 0 Å². The maximum Gasteiger partial charge on any atom is 0.261 e. The highest BCUT2D eigenvalue weighted by atomic mass is 16.7. The Morgan fingerprint density at radius 3 is 2.30 bits per heavy atom. The third-order valence-corrected chi connectivity index (χ3v) is 10.7. The molecule has 1 unspecified atom stereocenters. The van der Waals surface area contributed by atoms with E-state index in [-0.39, 0.29) is 49.0 Å². The smallest absolute Gasteiger partial charge is 0.261 e. The summed E-state index contributed by atoms with van der Waals surface area (Å²) < 4.78 is 23.8. The van der Waals surface area contributed by atoms with Crippen molar-refractivity contribution in [3.05, 3.63) is 74.8 Å². The van der Waals surface area contributed by atoms with Crippen LogP contribution in [0.4, 0.5) is 0 Å². The van der Waals surface area contributed by atoms with E-state index >= 15 is 0 Å². The van der Waals surface area contributed by atoms with Crippen LogP contribution in [-0.4, -0.2) is 84.4 Å². The molecule has 1 saturated heterocycles. The van der Waals surface area contributed by atoms with E-state index in [1.807, 2.05) is 20.9 Å². The van der Waals surface area contributed by atoms with Crippen molar-refractivity contribution in [1.29, 1.82) is 5.26 Å². The Labute approximate surface area is 266 Å². The molecule has 5 atom stereocenters. The Kier molecular flexibility index (Phi) is 6.30. The van der Waals surface area contributed by atoms with E-state index in [9.17, 15) is 20.0 Å². The van der Waals surface area contributed by atoms with Crippen LogP contribution in [0.5, 0.6) is 28.7 Å². The lowest BCUT2D eigenvalue weighted by Gasteiger charge is -2.60. The Hall–Kier alpha value is -4.79. The fraction of sp³-hybridized carbons (Fsp3) is 0.400. The molecule has 46 heavy (non-hydrogen) atoms. The van der Waals surface area contributed by atoms with Gasteiger partial charge in [-0.1, -0.05) is 18.2 Å². The SMILES string of the molecule is COc1c(C)cc2c(c1O)[C@@H]1[C@@H]3Cc4c(OC)c(C)c5c(c4[C@H](CN4C(=O)c6ccccc6C4=O)N3[C@@H](C#N)C(C2)N1C)OCO5. The minimum absolute atomic E-state index is 0.00471. The van der Waals surface area contributed by atoms with Gasteiger partial charge in [0.2, 0.25) is 6.79 Å². The molecule has 3 aromatic carbocycles. The number of aromatic hydroxyl groups is 1. The number of hydrogen-bond acceptors (Lipinski definition) is 10. The number of nitriles is 1. The lowest BCUT2D eigenvalue weighted by atomic mass is 9.71. The highest BCUT2D eigenvalue weighted by molar-refractivity contribution is 6.21. The van der Waals surface area contributed by atoms with Gasteiger partial charge in [0.15, 0.2) is 23.0 Å². The molecule has 0 aromatic heterocycles. The Balaban J connectivity index is 1.36. The summed E-state index contributed by atoms with van der Waals surface area (Å²) in [6.07, 6.45) is 0.993. The van der Waals surface area contributed by atoms with Gasteiger partial charge < -0.3 is 24.1 Å². The van der Waals surface area contributed by atoms with Crippen LogP contribution in [0.1, 0.15) is 66.2 Å². The fourth-order valence-electron chi connectivity index (χ4n) is 8.86. The molecule has 11 nitrogen and oxygen atoms in total. The lowest BCUT2D eigenvalue weighted by molar-refractivity contribution is -0.0758. The average molecular weight is 623 g/mol. The van der Waals surface area contributed by atoms with Gasteiger partial charge in [-0.15, -0.1) is 0 Å². The highest BCUT2D eigenvalue weighted by Gasteiger charge is 2.57. The number of benzene rings is 3. The largest absolute Gasteiger partial charge is 0.504 e. The Morgan fingerprint density at radius 1 is 0.978 bits per heavy atom. The number of likely N-dealkylation sites (N-methyl/N-ethyl adjacent to an activating group) is 1. The Morgan fingerprint density at radius 2 is 1.65 bits per heavy atom. The van der Waals surface area contributed by atoms with Gasteiger partial charge >= 0.3 is 0 Å². The molecule has 8 rings (SSSR count). The fourth-order valence-corrected chi connectivity index (χ4v) is 8.86. The zero-order valence-electron chi connectivity index (χ0n) is 26.3. The molecular formula is C35H34N4O7. The summed E-state index contributed by atoms with van der Waals surface area (Å²) >= 11 is 0. The van der Waals surface area contributed by atoms with Crippen LogP contribution in [0.2, 0.25) is 0 Å². The maximum atomic E-state index is 13.8. The number of hydrogen-bond donors (Lipinski definition) is 1. The second kappa shape index (κ2) is 10.1. The minimum atomic E-state index is -0.625. The summed E-state index contributed by atoms with van der Waals surface area (Å²) in [6, 6.07) is 9.36. The van der Waals surface area contributed by atoms with E-state index in [2.05, 4.69) is 21.9 Å². The molecule has 1 fully saturated rings. The molecule has 236 valence electrons. The topological polar surface area (TPSA) is 125 Å². The number of aryl methyl sites for hydroxylation is 1. The number of rotatable bonds is 4. The van der Waals surface area contributed by atoms with Gasteiger partial charge in [0.05, 0.1) is 43.5 Å². The second-order valence-corrected chi connectivity index (χ2v) is 12.7. The number of carbonyl (C=O) groups excluding carboxylic acids is 2. The third-order valence-electron chi connectivity index (χ3n) is 10.7. The van der Waals surface area contributed by atoms with Crippen LogP contribution in [0.3, 0.4) is 0 Å². The average Bonchev–Trinajstić information content (AvgIpc) is 3.62. The summed E-state index contributed by atoms with van der Waals surface area (Å²) in [4.78, 5) is 33.2. The van der Waals surface area contributed by atoms with E-state index in [1.54, 1.807) is 38.5 Å².